The molecule has 1 N–H and O–H groups in total. The van der Waals surface area contributed by atoms with Gasteiger partial charge in [-0.1, -0.05) is 15.9 Å². The molecule has 92 valence electrons. The number of aromatic nitrogens is 1. The van der Waals surface area contributed by atoms with E-state index in [1.54, 1.807) is 12.4 Å². The van der Waals surface area contributed by atoms with E-state index in [-0.39, 0.29) is 5.91 Å². The van der Waals surface area contributed by atoms with E-state index in [1.807, 2.05) is 13.0 Å². The number of hydrogen-bond acceptors (Lipinski definition) is 2. The van der Waals surface area contributed by atoms with Crippen molar-refractivity contribution in [3.05, 3.63) is 29.6 Å². The van der Waals surface area contributed by atoms with Crippen molar-refractivity contribution in [3.8, 4) is 0 Å². The first-order valence-corrected chi connectivity index (χ1v) is 6.93. The quantitative estimate of drug-likeness (QED) is 0.853. The second-order valence-corrected chi connectivity index (χ2v) is 5.97. The topological polar surface area (TPSA) is 42.0 Å². The molecule has 3 nitrogen and oxygen atoms in total. The zero-order valence-electron chi connectivity index (χ0n) is 9.95. The maximum atomic E-state index is 12.0. The Balaban J connectivity index is 1.93. The highest BCUT2D eigenvalue weighted by molar-refractivity contribution is 9.09. The summed E-state index contributed by atoms with van der Waals surface area (Å²) in [6, 6.07) is 2.19. The van der Waals surface area contributed by atoms with Gasteiger partial charge in [0.1, 0.15) is 0 Å². The summed E-state index contributed by atoms with van der Waals surface area (Å²) in [7, 11) is 0. The van der Waals surface area contributed by atoms with Gasteiger partial charge >= 0.3 is 0 Å². The van der Waals surface area contributed by atoms with E-state index in [0.29, 0.717) is 16.4 Å². The Labute approximate surface area is 110 Å². The van der Waals surface area contributed by atoms with Gasteiger partial charge in [0.25, 0.3) is 5.91 Å². The number of carbonyl (C=O) groups is 1. The smallest absolute Gasteiger partial charge is 0.253 e. The van der Waals surface area contributed by atoms with Crippen LogP contribution in [0, 0.1) is 6.92 Å². The van der Waals surface area contributed by atoms with E-state index in [2.05, 4.69) is 26.2 Å². The van der Waals surface area contributed by atoms with Gasteiger partial charge in [0.15, 0.2) is 0 Å². The van der Waals surface area contributed by atoms with Crippen LogP contribution in [-0.4, -0.2) is 21.8 Å². The van der Waals surface area contributed by atoms with Gasteiger partial charge in [-0.2, -0.15) is 0 Å². The van der Waals surface area contributed by atoms with E-state index < -0.39 is 0 Å². The number of aryl methyl sites for hydroxylation is 1. The maximum absolute atomic E-state index is 12.0. The molecule has 2 rings (SSSR count). The molecule has 4 heteroatoms. The molecule has 1 aromatic heterocycles. The van der Waals surface area contributed by atoms with Crippen LogP contribution in [0.1, 0.15) is 41.6 Å². The van der Waals surface area contributed by atoms with Crippen LogP contribution in [0.4, 0.5) is 0 Å². The second-order valence-electron chi connectivity index (χ2n) is 4.67. The number of halogens is 1. The summed E-state index contributed by atoms with van der Waals surface area (Å²) in [5, 5.41) is 3.08. The molecular formula is C13H17BrN2O. The van der Waals surface area contributed by atoms with Crippen LogP contribution in [-0.2, 0) is 0 Å². The van der Waals surface area contributed by atoms with Crippen molar-refractivity contribution in [2.45, 2.75) is 43.5 Å². The average molecular weight is 297 g/mol. The molecule has 0 radical (unpaired) electrons. The minimum absolute atomic E-state index is 0.000720. The van der Waals surface area contributed by atoms with Crippen LogP contribution >= 0.6 is 15.9 Å². The van der Waals surface area contributed by atoms with Crippen LogP contribution in [0.25, 0.3) is 0 Å². The molecule has 1 heterocycles. The summed E-state index contributed by atoms with van der Waals surface area (Å²) in [6.07, 6.45) is 7.76. The van der Waals surface area contributed by atoms with Crippen LogP contribution < -0.4 is 5.32 Å². The lowest BCUT2D eigenvalue weighted by molar-refractivity contribution is 0.0928. The Morgan fingerprint density at radius 1 is 1.35 bits per heavy atom. The van der Waals surface area contributed by atoms with Crippen LogP contribution in [0.3, 0.4) is 0 Å². The molecule has 17 heavy (non-hydrogen) atoms. The van der Waals surface area contributed by atoms with Gasteiger partial charge in [0, 0.05) is 23.3 Å². The van der Waals surface area contributed by atoms with E-state index in [0.717, 1.165) is 31.2 Å². The zero-order chi connectivity index (χ0) is 12.3. The van der Waals surface area contributed by atoms with Gasteiger partial charge in [0.2, 0.25) is 0 Å². The van der Waals surface area contributed by atoms with Crippen molar-refractivity contribution in [1.29, 1.82) is 0 Å². The Kier molecular flexibility index (Phi) is 4.15. The first-order valence-electron chi connectivity index (χ1n) is 6.02. The fourth-order valence-electron chi connectivity index (χ4n) is 2.14. The van der Waals surface area contributed by atoms with Crippen molar-refractivity contribution in [3.63, 3.8) is 0 Å². The average Bonchev–Trinajstić information content (AvgIpc) is 2.32. The molecule has 0 aliphatic heterocycles. The van der Waals surface area contributed by atoms with Crippen LogP contribution in [0.15, 0.2) is 18.5 Å². The van der Waals surface area contributed by atoms with Crippen LogP contribution in [0.2, 0.25) is 0 Å². The lowest BCUT2D eigenvalue weighted by Gasteiger charge is -2.26. The summed E-state index contributed by atoms with van der Waals surface area (Å²) in [5.41, 5.74) is 1.67. The molecule has 0 saturated heterocycles. The predicted molar refractivity (Wildman–Crippen MR) is 71.4 cm³/mol. The highest BCUT2D eigenvalue weighted by Gasteiger charge is 2.21. The van der Waals surface area contributed by atoms with E-state index in [4.69, 9.17) is 0 Å². The molecule has 0 aromatic carbocycles. The number of rotatable bonds is 2. The Bertz CT molecular complexity index is 400. The SMILES string of the molecule is Cc1cncc(C(=O)NC2CCC(Br)CC2)c1. The third-order valence-electron chi connectivity index (χ3n) is 3.13. The van der Waals surface area contributed by atoms with Gasteiger partial charge < -0.3 is 5.32 Å². The number of nitrogens with one attached hydrogen (secondary N) is 1. The largest absolute Gasteiger partial charge is 0.349 e. The monoisotopic (exact) mass is 296 g/mol. The van der Waals surface area contributed by atoms with Gasteiger partial charge in [0.05, 0.1) is 5.56 Å². The molecule has 1 aromatic rings. The molecule has 1 fully saturated rings. The predicted octanol–water partition coefficient (Wildman–Crippen LogP) is 2.83. The summed E-state index contributed by atoms with van der Waals surface area (Å²) in [6.45, 7) is 1.94. The lowest BCUT2D eigenvalue weighted by atomic mass is 9.95. The number of nitrogens with zero attached hydrogens (tertiary/aromatic N) is 1. The Hall–Kier alpha value is -0.900. The lowest BCUT2D eigenvalue weighted by Crippen LogP contribution is -2.37. The number of amides is 1. The summed E-state index contributed by atoms with van der Waals surface area (Å²) in [5.74, 6) is -0.000720. The van der Waals surface area contributed by atoms with Crippen molar-refractivity contribution in [1.82, 2.24) is 10.3 Å². The van der Waals surface area contributed by atoms with Gasteiger partial charge in [-0.05, 0) is 44.2 Å². The second kappa shape index (κ2) is 5.63. The fourth-order valence-corrected chi connectivity index (χ4v) is 2.67. The summed E-state index contributed by atoms with van der Waals surface area (Å²) >= 11 is 3.61. The normalized spacial score (nSPS) is 24.4. The van der Waals surface area contributed by atoms with Crippen molar-refractivity contribution < 1.29 is 4.79 Å². The van der Waals surface area contributed by atoms with E-state index in [1.165, 1.54) is 0 Å². The van der Waals surface area contributed by atoms with Gasteiger partial charge in [-0.15, -0.1) is 0 Å². The minimum atomic E-state index is -0.000720. The van der Waals surface area contributed by atoms with E-state index in [9.17, 15) is 4.79 Å². The zero-order valence-corrected chi connectivity index (χ0v) is 11.5. The summed E-state index contributed by atoms with van der Waals surface area (Å²) < 4.78 is 0. The number of alkyl halides is 1. The number of pyridine rings is 1. The standard InChI is InChI=1S/C13H17BrN2O/c1-9-6-10(8-15-7-9)13(17)16-12-4-2-11(14)3-5-12/h6-8,11-12H,2-5H2,1H3,(H,16,17). The molecule has 1 aliphatic rings. The van der Waals surface area contributed by atoms with Gasteiger partial charge in [-0.25, -0.2) is 0 Å². The molecule has 0 atom stereocenters. The molecule has 0 bridgehead atoms. The molecular weight excluding hydrogens is 280 g/mol. The first kappa shape index (κ1) is 12.6. The molecule has 0 unspecified atom stereocenters. The van der Waals surface area contributed by atoms with Crippen LogP contribution in [0.5, 0.6) is 0 Å². The van der Waals surface area contributed by atoms with Crippen molar-refractivity contribution >= 4 is 21.8 Å². The van der Waals surface area contributed by atoms with Crippen molar-refractivity contribution in [2.75, 3.05) is 0 Å². The minimum Gasteiger partial charge on any atom is -0.349 e. The number of hydrogen-bond donors (Lipinski definition) is 1. The highest BCUT2D eigenvalue weighted by Crippen LogP contribution is 2.24. The third-order valence-corrected chi connectivity index (χ3v) is 4.04. The number of carbonyl (C=O) groups excluding carboxylic acids is 1. The van der Waals surface area contributed by atoms with Gasteiger partial charge in [-0.3, -0.25) is 9.78 Å². The first-order chi connectivity index (χ1) is 8.15. The Morgan fingerprint density at radius 3 is 2.71 bits per heavy atom. The Morgan fingerprint density at radius 2 is 2.06 bits per heavy atom. The van der Waals surface area contributed by atoms with E-state index >= 15 is 0 Å². The van der Waals surface area contributed by atoms with Crippen molar-refractivity contribution in [2.24, 2.45) is 0 Å². The maximum Gasteiger partial charge on any atom is 0.253 e. The molecule has 1 amide bonds. The fraction of sp³-hybridized carbons (Fsp3) is 0.538. The molecule has 0 spiro atoms. The third kappa shape index (κ3) is 3.53. The molecule has 1 aliphatic carbocycles. The molecule has 1 saturated carbocycles. The summed E-state index contributed by atoms with van der Waals surface area (Å²) in [4.78, 5) is 16.6. The highest BCUT2D eigenvalue weighted by atomic mass is 79.9.